The van der Waals surface area contributed by atoms with Gasteiger partial charge in [-0.3, -0.25) is 4.79 Å². The number of nitrogens with one attached hydrogen (secondary N) is 2. The second kappa shape index (κ2) is 9.80. The van der Waals surface area contributed by atoms with Crippen molar-refractivity contribution in [2.45, 2.75) is 38.1 Å². The van der Waals surface area contributed by atoms with Gasteiger partial charge in [-0.1, -0.05) is 23.7 Å². The quantitative estimate of drug-likeness (QED) is 0.497. The van der Waals surface area contributed by atoms with E-state index in [1.165, 1.54) is 21.9 Å². The number of aromatic nitrogens is 2. The summed E-state index contributed by atoms with van der Waals surface area (Å²) in [6.45, 7) is 1.66. The van der Waals surface area contributed by atoms with E-state index in [0.717, 1.165) is 49.2 Å². The molecule has 1 aliphatic rings. The molecule has 0 bridgehead atoms. The summed E-state index contributed by atoms with van der Waals surface area (Å²) in [6.07, 6.45) is 6.99. The highest BCUT2D eigenvalue weighted by molar-refractivity contribution is 7.16. The highest BCUT2D eigenvalue weighted by Gasteiger charge is 2.19. The molecule has 0 saturated carbocycles. The molecule has 1 aliphatic carbocycles. The molecule has 1 unspecified atom stereocenters. The first kappa shape index (κ1) is 20.5. The molecule has 2 N–H and O–H groups in total. The second-order valence-corrected chi connectivity index (χ2v) is 9.52. The average molecular weight is 447 g/mol. The van der Waals surface area contributed by atoms with E-state index in [1.54, 1.807) is 17.5 Å². The number of hydrogen-bond acceptors (Lipinski definition) is 6. The van der Waals surface area contributed by atoms with Crippen molar-refractivity contribution >= 4 is 40.2 Å². The van der Waals surface area contributed by atoms with Crippen LogP contribution in [-0.2, 0) is 12.8 Å². The summed E-state index contributed by atoms with van der Waals surface area (Å²) < 4.78 is 0. The number of benzene rings is 1. The van der Waals surface area contributed by atoms with Crippen LogP contribution in [0.4, 0.5) is 0 Å². The fourth-order valence-electron chi connectivity index (χ4n) is 3.42. The Morgan fingerprint density at radius 1 is 1.17 bits per heavy atom. The molecule has 4 rings (SSSR count). The lowest BCUT2D eigenvalue weighted by Gasteiger charge is -2.22. The summed E-state index contributed by atoms with van der Waals surface area (Å²) in [7, 11) is 0. The van der Waals surface area contributed by atoms with Gasteiger partial charge in [0.2, 0.25) is 0 Å². The number of amides is 1. The van der Waals surface area contributed by atoms with Gasteiger partial charge in [0.05, 0.1) is 17.4 Å². The van der Waals surface area contributed by atoms with Crippen molar-refractivity contribution in [2.75, 3.05) is 13.1 Å². The number of carbonyl (C=O) groups is 1. The van der Waals surface area contributed by atoms with Crippen LogP contribution >= 0.6 is 34.3 Å². The molecule has 0 saturated heterocycles. The van der Waals surface area contributed by atoms with Crippen LogP contribution in [0.15, 0.2) is 36.0 Å². The SMILES string of the molecule is O=C(NCCCCNC1CCc2ncsc2C1)c1cnc(-c2ccc(Cl)cc2)s1. The molecule has 2 aromatic heterocycles. The number of halogens is 1. The van der Waals surface area contributed by atoms with E-state index >= 15 is 0 Å². The highest BCUT2D eigenvalue weighted by atomic mass is 35.5. The minimum atomic E-state index is -0.0549. The number of hydrogen-bond donors (Lipinski definition) is 2. The zero-order valence-electron chi connectivity index (χ0n) is 16.0. The smallest absolute Gasteiger partial charge is 0.263 e. The van der Waals surface area contributed by atoms with Crippen molar-refractivity contribution in [3.05, 3.63) is 56.4 Å². The molecular formula is C21H23ClN4OS2. The van der Waals surface area contributed by atoms with Gasteiger partial charge in [0.15, 0.2) is 0 Å². The zero-order chi connectivity index (χ0) is 20.1. The topological polar surface area (TPSA) is 66.9 Å². The van der Waals surface area contributed by atoms with Gasteiger partial charge in [0, 0.05) is 28.0 Å². The molecule has 0 fully saturated rings. The summed E-state index contributed by atoms with van der Waals surface area (Å²) in [5.74, 6) is -0.0549. The van der Waals surface area contributed by atoms with Gasteiger partial charge in [-0.2, -0.15) is 0 Å². The van der Waals surface area contributed by atoms with Gasteiger partial charge in [0.1, 0.15) is 9.88 Å². The predicted octanol–water partition coefficient (Wildman–Crippen LogP) is 4.58. The van der Waals surface area contributed by atoms with Crippen LogP contribution in [0.25, 0.3) is 10.6 Å². The van der Waals surface area contributed by atoms with Gasteiger partial charge < -0.3 is 10.6 Å². The monoisotopic (exact) mass is 446 g/mol. The van der Waals surface area contributed by atoms with Crippen molar-refractivity contribution in [3.63, 3.8) is 0 Å². The Labute approximate surface area is 183 Å². The summed E-state index contributed by atoms with van der Waals surface area (Å²) in [4.78, 5) is 23.2. The Bertz CT molecular complexity index is 954. The molecule has 29 heavy (non-hydrogen) atoms. The molecule has 0 radical (unpaired) electrons. The number of thiazole rings is 2. The summed E-state index contributed by atoms with van der Waals surface area (Å²) in [6, 6.07) is 8.04. The Morgan fingerprint density at radius 2 is 2.00 bits per heavy atom. The third kappa shape index (κ3) is 5.42. The standard InChI is InChI=1S/C21H23ClN4OS2/c22-15-5-3-14(4-6-15)21-25-12-19(29-21)20(27)24-10-2-1-9-23-16-7-8-17-18(11-16)28-13-26-17/h3-6,12-13,16,23H,1-2,7-11H2,(H,24,27). The fraction of sp³-hybridized carbons (Fsp3) is 0.381. The number of nitrogens with zero attached hydrogens (tertiary/aromatic N) is 2. The van der Waals surface area contributed by atoms with Gasteiger partial charge >= 0.3 is 0 Å². The molecule has 1 atom stereocenters. The first-order valence-corrected chi connectivity index (χ1v) is 11.9. The van der Waals surface area contributed by atoms with Gasteiger partial charge in [0.25, 0.3) is 5.91 Å². The van der Waals surface area contributed by atoms with E-state index in [2.05, 4.69) is 20.6 Å². The van der Waals surface area contributed by atoms with E-state index < -0.39 is 0 Å². The fourth-order valence-corrected chi connectivity index (χ4v) is 5.28. The number of rotatable bonds is 8. The summed E-state index contributed by atoms with van der Waals surface area (Å²) >= 11 is 9.09. The maximum Gasteiger partial charge on any atom is 0.263 e. The molecule has 8 heteroatoms. The summed E-state index contributed by atoms with van der Waals surface area (Å²) in [5, 5.41) is 8.16. The molecule has 0 aliphatic heterocycles. The Balaban J connectivity index is 1.14. The second-order valence-electron chi connectivity index (χ2n) is 7.12. The molecule has 1 aromatic carbocycles. The first-order chi connectivity index (χ1) is 14.2. The Kier molecular flexibility index (Phi) is 6.92. The average Bonchev–Trinajstić information content (AvgIpc) is 3.40. The van der Waals surface area contributed by atoms with Crippen LogP contribution < -0.4 is 10.6 Å². The number of carbonyl (C=O) groups excluding carboxylic acids is 1. The molecular weight excluding hydrogens is 424 g/mol. The van der Waals surface area contributed by atoms with Crippen LogP contribution in [0.3, 0.4) is 0 Å². The van der Waals surface area contributed by atoms with E-state index in [4.69, 9.17) is 11.6 Å². The predicted molar refractivity (Wildman–Crippen MR) is 120 cm³/mol. The third-order valence-electron chi connectivity index (χ3n) is 5.03. The third-order valence-corrected chi connectivity index (χ3v) is 7.22. The van der Waals surface area contributed by atoms with Crippen LogP contribution in [0, 0.1) is 0 Å². The van der Waals surface area contributed by atoms with Crippen LogP contribution in [0.1, 0.15) is 39.5 Å². The lowest BCUT2D eigenvalue weighted by Crippen LogP contribution is -2.35. The normalized spacial score (nSPS) is 15.8. The van der Waals surface area contributed by atoms with E-state index in [1.807, 2.05) is 29.8 Å². The lowest BCUT2D eigenvalue weighted by atomic mass is 9.97. The van der Waals surface area contributed by atoms with Crippen molar-refractivity contribution in [1.82, 2.24) is 20.6 Å². The van der Waals surface area contributed by atoms with Gasteiger partial charge in [-0.05, 0) is 50.8 Å². The molecule has 152 valence electrons. The van der Waals surface area contributed by atoms with E-state index in [9.17, 15) is 4.79 Å². The number of aryl methyl sites for hydroxylation is 1. The maximum absolute atomic E-state index is 12.3. The van der Waals surface area contributed by atoms with Gasteiger partial charge in [-0.25, -0.2) is 9.97 Å². The Hall–Kier alpha value is -1.80. The molecule has 5 nitrogen and oxygen atoms in total. The Morgan fingerprint density at radius 3 is 2.86 bits per heavy atom. The molecule has 0 spiro atoms. The van der Waals surface area contributed by atoms with Gasteiger partial charge in [-0.15, -0.1) is 22.7 Å². The van der Waals surface area contributed by atoms with Crippen molar-refractivity contribution in [1.29, 1.82) is 0 Å². The maximum atomic E-state index is 12.3. The summed E-state index contributed by atoms with van der Waals surface area (Å²) in [5.41, 5.74) is 4.22. The van der Waals surface area contributed by atoms with Crippen molar-refractivity contribution in [2.24, 2.45) is 0 Å². The van der Waals surface area contributed by atoms with Crippen molar-refractivity contribution in [3.8, 4) is 10.6 Å². The van der Waals surface area contributed by atoms with E-state index in [0.29, 0.717) is 22.5 Å². The lowest BCUT2D eigenvalue weighted by molar-refractivity contribution is 0.0957. The van der Waals surface area contributed by atoms with Crippen LogP contribution in [0.2, 0.25) is 5.02 Å². The van der Waals surface area contributed by atoms with Crippen molar-refractivity contribution < 1.29 is 4.79 Å². The number of fused-ring (bicyclic) bond motifs is 1. The number of unbranched alkanes of at least 4 members (excludes halogenated alkanes) is 1. The molecule has 1 amide bonds. The highest BCUT2D eigenvalue weighted by Crippen LogP contribution is 2.26. The molecule has 2 heterocycles. The first-order valence-electron chi connectivity index (χ1n) is 9.83. The molecule has 3 aromatic rings. The van der Waals surface area contributed by atoms with Crippen LogP contribution in [-0.4, -0.2) is 35.0 Å². The largest absolute Gasteiger partial charge is 0.351 e. The zero-order valence-corrected chi connectivity index (χ0v) is 18.4. The minimum Gasteiger partial charge on any atom is -0.351 e. The van der Waals surface area contributed by atoms with E-state index in [-0.39, 0.29) is 5.91 Å². The minimum absolute atomic E-state index is 0.0549. The van der Waals surface area contributed by atoms with Crippen LogP contribution in [0.5, 0.6) is 0 Å².